The molecule has 0 aliphatic heterocycles. The van der Waals surface area contributed by atoms with Crippen molar-refractivity contribution in [2.24, 2.45) is 0 Å². The number of hydrogen-bond acceptors (Lipinski definition) is 4. The van der Waals surface area contributed by atoms with Crippen molar-refractivity contribution in [1.29, 1.82) is 0 Å². The Labute approximate surface area is 212 Å². The Bertz CT molecular complexity index is 405. The zero-order valence-corrected chi connectivity index (χ0v) is 24.2. The summed E-state index contributed by atoms with van der Waals surface area (Å²) in [5, 5.41) is 0. The zero-order chi connectivity index (χ0) is 24.6. The smallest absolute Gasteiger partial charge is 0.572 e. The molecule has 196 valence electrons. The molecule has 0 aromatic carbocycles. The Hall–Kier alpha value is -0.0775. The fourth-order valence-corrected chi connectivity index (χ4v) is 5.44. The second kappa shape index (κ2) is 25.0. The Kier molecular flexibility index (Phi) is 25.0. The molecule has 0 rings (SSSR count). The summed E-state index contributed by atoms with van der Waals surface area (Å²) < 4.78 is 16.8. The molecule has 0 saturated carbocycles. The summed E-state index contributed by atoms with van der Waals surface area (Å²) in [4.78, 5) is 12.1. The van der Waals surface area contributed by atoms with E-state index in [1.807, 2.05) is 27.7 Å². The first-order valence-electron chi connectivity index (χ1n) is 14.5. The molecule has 33 heavy (non-hydrogen) atoms. The van der Waals surface area contributed by atoms with Crippen LogP contribution in [0, 0.1) is 0 Å². The van der Waals surface area contributed by atoms with Crippen LogP contribution in [0.15, 0.2) is 0 Å². The van der Waals surface area contributed by atoms with Crippen molar-refractivity contribution in [3.8, 4) is 0 Å². The van der Waals surface area contributed by atoms with Crippen LogP contribution in [0.1, 0.15) is 163 Å². The van der Waals surface area contributed by atoms with Gasteiger partial charge in [0.1, 0.15) is 0 Å². The lowest BCUT2D eigenvalue weighted by Gasteiger charge is -2.17. The van der Waals surface area contributed by atoms with Gasteiger partial charge in [0.05, 0.1) is 0 Å². The highest BCUT2D eigenvalue weighted by Crippen LogP contribution is 2.15. The first kappa shape index (κ1) is 32.9. The fraction of sp³-hybridized carbons (Fsp3) is 0.964. The lowest BCUT2D eigenvalue weighted by molar-refractivity contribution is -0.138. The number of rotatable bonds is 25. The highest BCUT2D eigenvalue weighted by atomic mass is 27.3. The molecule has 4 nitrogen and oxygen atoms in total. The number of unbranched alkanes of at least 4 members (excludes halogenated alkanes) is 18. The van der Waals surface area contributed by atoms with Gasteiger partial charge in [-0.2, -0.15) is 0 Å². The van der Waals surface area contributed by atoms with Gasteiger partial charge in [-0.05, 0) is 34.1 Å². The van der Waals surface area contributed by atoms with Crippen LogP contribution in [-0.4, -0.2) is 33.3 Å². The quantitative estimate of drug-likeness (QED) is 0.0957. The van der Waals surface area contributed by atoms with Crippen molar-refractivity contribution in [2.75, 3.05) is 0 Å². The van der Waals surface area contributed by atoms with E-state index in [0.717, 1.165) is 12.8 Å². The SMILES string of the molecule is CCCCCCCCCCCCCCCCCCCCCC(=O)[O][Al]([O]C(C)C)[O]C(C)C. The van der Waals surface area contributed by atoms with Crippen molar-refractivity contribution in [3.63, 3.8) is 0 Å². The van der Waals surface area contributed by atoms with E-state index in [2.05, 4.69) is 6.92 Å². The van der Waals surface area contributed by atoms with Crippen LogP contribution in [0.4, 0.5) is 0 Å². The normalized spacial score (nSPS) is 11.5. The van der Waals surface area contributed by atoms with Crippen LogP contribution in [-0.2, 0) is 16.2 Å². The molecule has 0 aliphatic carbocycles. The van der Waals surface area contributed by atoms with Crippen LogP contribution >= 0.6 is 0 Å². The van der Waals surface area contributed by atoms with E-state index in [1.165, 1.54) is 109 Å². The molecule has 0 aromatic rings. The van der Waals surface area contributed by atoms with E-state index < -0.39 is 15.1 Å². The third kappa shape index (κ3) is 26.4. The highest BCUT2D eigenvalue weighted by molar-refractivity contribution is 6.39. The third-order valence-corrected chi connectivity index (χ3v) is 7.97. The van der Waals surface area contributed by atoms with E-state index in [9.17, 15) is 4.79 Å². The third-order valence-electron chi connectivity index (χ3n) is 5.98. The molecule has 0 aliphatic rings. The van der Waals surface area contributed by atoms with Gasteiger partial charge in [0.2, 0.25) is 0 Å². The number of hydrogen-bond donors (Lipinski definition) is 0. The lowest BCUT2D eigenvalue weighted by atomic mass is 10.0. The average Bonchev–Trinajstić information content (AvgIpc) is 2.74. The number of carbonyl (C=O) groups is 1. The first-order valence-corrected chi connectivity index (χ1v) is 15.9. The van der Waals surface area contributed by atoms with Crippen LogP contribution in [0.2, 0.25) is 0 Å². The molecule has 0 amide bonds. The van der Waals surface area contributed by atoms with Crippen LogP contribution in [0.25, 0.3) is 0 Å². The molecule has 0 atom stereocenters. The van der Waals surface area contributed by atoms with Crippen molar-refractivity contribution < 1.29 is 16.2 Å². The summed E-state index contributed by atoms with van der Waals surface area (Å²) in [6.07, 6.45) is 26.3. The molecule has 0 spiro atoms. The van der Waals surface area contributed by atoms with E-state index >= 15 is 0 Å². The van der Waals surface area contributed by atoms with Gasteiger partial charge in [-0.3, -0.25) is 4.79 Å². The second-order valence-corrected chi connectivity index (χ2v) is 11.6. The van der Waals surface area contributed by atoms with E-state index in [1.54, 1.807) is 0 Å². The summed E-state index contributed by atoms with van der Waals surface area (Å²) in [5.74, 6) is -0.167. The molecule has 0 radical (unpaired) electrons. The van der Waals surface area contributed by atoms with Crippen molar-refractivity contribution in [1.82, 2.24) is 0 Å². The molecule has 5 heteroatoms. The van der Waals surface area contributed by atoms with Gasteiger partial charge in [-0.25, -0.2) is 0 Å². The predicted molar refractivity (Wildman–Crippen MR) is 142 cm³/mol. The van der Waals surface area contributed by atoms with Gasteiger partial charge >= 0.3 is 15.1 Å². The maximum Gasteiger partial charge on any atom is 1.00 e. The van der Waals surface area contributed by atoms with Crippen molar-refractivity contribution in [3.05, 3.63) is 0 Å². The van der Waals surface area contributed by atoms with Gasteiger partial charge in [0.15, 0.2) is 0 Å². The molecular formula is C28H57AlO4. The van der Waals surface area contributed by atoms with Crippen molar-refractivity contribution >= 4 is 21.1 Å². The Morgan fingerprint density at radius 1 is 0.545 bits per heavy atom. The molecule has 0 bridgehead atoms. The van der Waals surface area contributed by atoms with E-state index in [4.69, 9.17) is 11.4 Å². The van der Waals surface area contributed by atoms with Crippen LogP contribution in [0.3, 0.4) is 0 Å². The summed E-state index contributed by atoms with van der Waals surface area (Å²) in [7, 11) is 0. The average molecular weight is 485 g/mol. The monoisotopic (exact) mass is 484 g/mol. The molecular weight excluding hydrogens is 427 g/mol. The second-order valence-electron chi connectivity index (χ2n) is 10.3. The molecule has 0 unspecified atom stereocenters. The predicted octanol–water partition coefficient (Wildman–Crippen LogP) is 9.19. The van der Waals surface area contributed by atoms with Gasteiger partial charge in [-0.1, -0.05) is 122 Å². The topological polar surface area (TPSA) is 44.8 Å². The molecule has 0 saturated heterocycles. The maximum absolute atomic E-state index is 12.1. The number of carbonyl (C=O) groups excluding carboxylic acids is 1. The minimum absolute atomic E-state index is 0.0168. The van der Waals surface area contributed by atoms with E-state index in [-0.39, 0.29) is 18.2 Å². The molecule has 0 aromatic heterocycles. The van der Waals surface area contributed by atoms with E-state index in [0.29, 0.717) is 6.42 Å². The minimum Gasteiger partial charge on any atom is -0.572 e. The minimum atomic E-state index is -2.36. The van der Waals surface area contributed by atoms with Gasteiger partial charge < -0.3 is 11.4 Å². The highest BCUT2D eigenvalue weighted by Gasteiger charge is 2.38. The summed E-state index contributed by atoms with van der Waals surface area (Å²) in [6, 6.07) is 0. The molecule has 0 heterocycles. The largest absolute Gasteiger partial charge is 1.00 e. The zero-order valence-electron chi connectivity index (χ0n) is 23.0. The standard InChI is InChI=1S/C22H44O2.2C3H7O.Al/c1-2-3-4-5-6-7-8-9-10-11-12-13-14-15-16-17-18-19-20-21-22(23)24;2*1-3(2)4;/h2-21H2,1H3,(H,23,24);2*3H,1-2H3;/q;2*-1;+3/p-1. The summed E-state index contributed by atoms with van der Waals surface area (Å²) in [5.41, 5.74) is 0. The molecule has 0 N–H and O–H groups in total. The van der Waals surface area contributed by atoms with Gasteiger partial charge in [0, 0.05) is 18.6 Å². The van der Waals surface area contributed by atoms with Crippen molar-refractivity contribution in [2.45, 2.75) is 175 Å². The summed E-state index contributed by atoms with van der Waals surface area (Å²) in [6.45, 7) is 10.0. The Morgan fingerprint density at radius 2 is 0.848 bits per heavy atom. The maximum atomic E-state index is 12.1. The fourth-order valence-electron chi connectivity index (χ4n) is 4.05. The Morgan fingerprint density at radius 3 is 1.15 bits per heavy atom. The van der Waals surface area contributed by atoms with Gasteiger partial charge in [0.25, 0.3) is 5.97 Å². The van der Waals surface area contributed by atoms with Gasteiger partial charge in [-0.15, -0.1) is 0 Å². The van der Waals surface area contributed by atoms with Crippen LogP contribution < -0.4 is 0 Å². The summed E-state index contributed by atoms with van der Waals surface area (Å²) >= 11 is -2.36. The molecule has 0 fully saturated rings. The Balaban J connectivity index is 3.36. The lowest BCUT2D eigenvalue weighted by Crippen LogP contribution is -2.34. The van der Waals surface area contributed by atoms with Crippen LogP contribution in [0.5, 0.6) is 0 Å². The first-order chi connectivity index (χ1) is 16.0.